The second kappa shape index (κ2) is 9.71. The number of amides is 1. The van der Waals surface area contributed by atoms with Gasteiger partial charge in [0.2, 0.25) is 0 Å². The van der Waals surface area contributed by atoms with Crippen LogP contribution >= 0.6 is 0 Å². The van der Waals surface area contributed by atoms with Crippen LogP contribution < -0.4 is 24.3 Å². The Morgan fingerprint density at radius 3 is 2.13 bits per heavy atom. The number of methoxy groups -OCH3 is 4. The van der Waals surface area contributed by atoms with Crippen LogP contribution in [0.1, 0.15) is 28.3 Å². The molecule has 1 N–H and O–H groups in total. The lowest BCUT2D eigenvalue weighted by Crippen LogP contribution is -2.48. The minimum absolute atomic E-state index is 0.0000948. The van der Waals surface area contributed by atoms with Crippen LogP contribution in [0.5, 0.6) is 23.0 Å². The predicted molar refractivity (Wildman–Crippen MR) is 115 cm³/mol. The quantitative estimate of drug-likeness (QED) is 0.751. The molecule has 2 aromatic carbocycles. The normalized spacial score (nSPS) is 19.1. The highest BCUT2D eigenvalue weighted by Gasteiger charge is 2.31. The van der Waals surface area contributed by atoms with E-state index in [1.807, 2.05) is 18.2 Å². The van der Waals surface area contributed by atoms with Gasteiger partial charge in [0.1, 0.15) is 0 Å². The lowest BCUT2D eigenvalue weighted by molar-refractivity contribution is 0.0904. The van der Waals surface area contributed by atoms with Gasteiger partial charge in [-0.15, -0.1) is 0 Å². The molecule has 30 heavy (non-hydrogen) atoms. The third kappa shape index (κ3) is 4.62. The van der Waals surface area contributed by atoms with Crippen molar-refractivity contribution in [2.45, 2.75) is 18.4 Å². The van der Waals surface area contributed by atoms with Crippen molar-refractivity contribution in [3.05, 3.63) is 47.5 Å². The van der Waals surface area contributed by atoms with Gasteiger partial charge >= 0.3 is 0 Å². The number of carbonyl (C=O) groups excluding carboxylic acids is 1. The first-order valence-electron chi connectivity index (χ1n) is 9.94. The van der Waals surface area contributed by atoms with Crippen LogP contribution in [0.3, 0.4) is 0 Å². The molecule has 0 unspecified atom stereocenters. The molecule has 7 nitrogen and oxygen atoms in total. The minimum Gasteiger partial charge on any atom is -0.493 e. The number of piperidine rings is 1. The molecule has 0 spiro atoms. The van der Waals surface area contributed by atoms with Crippen molar-refractivity contribution in [2.24, 2.45) is 0 Å². The highest BCUT2D eigenvalue weighted by Crippen LogP contribution is 2.34. The number of carbonyl (C=O) groups is 1. The van der Waals surface area contributed by atoms with Crippen LogP contribution in [-0.2, 0) is 0 Å². The van der Waals surface area contributed by atoms with Crippen LogP contribution in [0.4, 0.5) is 0 Å². The Bertz CT molecular complexity index is 886. The average molecular weight is 415 g/mol. The molecule has 2 atom stereocenters. The molecule has 1 amide bonds. The van der Waals surface area contributed by atoms with Crippen molar-refractivity contribution in [1.82, 2.24) is 10.2 Å². The van der Waals surface area contributed by atoms with E-state index in [1.165, 1.54) is 0 Å². The topological polar surface area (TPSA) is 69.3 Å². The number of nitrogens with zero attached hydrogens (tertiary/aromatic N) is 1. The Kier molecular flexibility index (Phi) is 7.05. The molecular formula is C23H30N2O5. The zero-order chi connectivity index (χ0) is 21.7. The molecule has 1 heterocycles. The van der Waals surface area contributed by atoms with Crippen molar-refractivity contribution < 1.29 is 23.7 Å². The summed E-state index contributed by atoms with van der Waals surface area (Å²) < 4.78 is 21.4. The van der Waals surface area contributed by atoms with Crippen molar-refractivity contribution >= 4 is 5.91 Å². The summed E-state index contributed by atoms with van der Waals surface area (Å²) >= 11 is 0. The maximum Gasteiger partial charge on any atom is 0.251 e. The number of ether oxygens (including phenoxy) is 4. The van der Waals surface area contributed by atoms with Crippen LogP contribution in [0.25, 0.3) is 0 Å². The summed E-state index contributed by atoms with van der Waals surface area (Å²) in [5.41, 5.74) is 1.65. The summed E-state index contributed by atoms with van der Waals surface area (Å²) in [6.45, 7) is 1.76. The van der Waals surface area contributed by atoms with Gasteiger partial charge in [0.15, 0.2) is 23.0 Å². The molecule has 0 aromatic heterocycles. The Morgan fingerprint density at radius 2 is 1.50 bits per heavy atom. The van der Waals surface area contributed by atoms with Crippen LogP contribution in [0.2, 0.25) is 0 Å². The van der Waals surface area contributed by atoms with Gasteiger partial charge in [-0.05, 0) is 55.9 Å². The van der Waals surface area contributed by atoms with E-state index in [4.69, 9.17) is 18.9 Å². The third-order valence-corrected chi connectivity index (χ3v) is 5.61. The van der Waals surface area contributed by atoms with Gasteiger partial charge in [0.25, 0.3) is 5.91 Å². The minimum atomic E-state index is -0.129. The Labute approximate surface area is 177 Å². The molecule has 3 rings (SSSR count). The standard InChI is InChI=1S/C23H30N2O5/c1-25-11-10-18(17(14-25)15-6-8-19(27-2)21(12-15)29-4)24-23(26)16-7-9-20(28-3)22(13-16)30-5/h6-9,12-13,17-18H,10-11,14H2,1-5H3,(H,24,26)/t17-,18-/m1/s1. The number of benzene rings is 2. The van der Waals surface area contributed by atoms with Crippen LogP contribution in [-0.4, -0.2) is 65.4 Å². The molecule has 1 fully saturated rings. The molecule has 0 radical (unpaired) electrons. The fourth-order valence-corrected chi connectivity index (χ4v) is 3.94. The van der Waals surface area contributed by atoms with Gasteiger partial charge in [-0.3, -0.25) is 4.79 Å². The number of rotatable bonds is 7. The van der Waals surface area contributed by atoms with E-state index >= 15 is 0 Å². The molecule has 162 valence electrons. The largest absolute Gasteiger partial charge is 0.493 e. The Morgan fingerprint density at radius 1 is 0.900 bits per heavy atom. The van der Waals surface area contributed by atoms with Gasteiger partial charge in [0.05, 0.1) is 28.4 Å². The fraction of sp³-hybridized carbons (Fsp3) is 0.435. The fourth-order valence-electron chi connectivity index (χ4n) is 3.94. The lowest BCUT2D eigenvalue weighted by atomic mass is 9.85. The van der Waals surface area contributed by atoms with E-state index < -0.39 is 0 Å². The molecular weight excluding hydrogens is 384 g/mol. The predicted octanol–water partition coefficient (Wildman–Crippen LogP) is 2.94. The number of hydrogen-bond donors (Lipinski definition) is 1. The molecule has 2 aromatic rings. The first kappa shape index (κ1) is 21.8. The number of hydrogen-bond acceptors (Lipinski definition) is 6. The van der Waals surface area contributed by atoms with E-state index in [2.05, 4.69) is 17.3 Å². The zero-order valence-corrected chi connectivity index (χ0v) is 18.2. The highest BCUT2D eigenvalue weighted by molar-refractivity contribution is 5.95. The van der Waals surface area contributed by atoms with Gasteiger partial charge in [-0.1, -0.05) is 6.07 Å². The molecule has 1 saturated heterocycles. The first-order valence-corrected chi connectivity index (χ1v) is 9.94. The van der Waals surface area contributed by atoms with E-state index in [-0.39, 0.29) is 17.9 Å². The van der Waals surface area contributed by atoms with Crippen molar-refractivity contribution in [3.63, 3.8) is 0 Å². The second-order valence-electron chi connectivity index (χ2n) is 7.42. The van der Waals surface area contributed by atoms with E-state index in [0.717, 1.165) is 25.1 Å². The molecule has 0 aliphatic carbocycles. The SMILES string of the molecule is COc1ccc(C(=O)N[C@@H]2CCN(C)C[C@@H]2c2ccc(OC)c(OC)c2)cc1OC. The summed E-state index contributed by atoms with van der Waals surface area (Å²) in [6, 6.07) is 11.1. The summed E-state index contributed by atoms with van der Waals surface area (Å²) in [4.78, 5) is 15.3. The summed E-state index contributed by atoms with van der Waals surface area (Å²) in [5.74, 6) is 2.51. The van der Waals surface area contributed by atoms with Crippen LogP contribution in [0.15, 0.2) is 36.4 Å². The van der Waals surface area contributed by atoms with Gasteiger partial charge in [0, 0.05) is 24.1 Å². The average Bonchev–Trinajstić information content (AvgIpc) is 2.79. The molecule has 1 aliphatic rings. The van der Waals surface area contributed by atoms with Gasteiger partial charge < -0.3 is 29.2 Å². The maximum absolute atomic E-state index is 13.0. The monoisotopic (exact) mass is 414 g/mol. The number of likely N-dealkylation sites (N-methyl/N-ethyl adjacent to an activating group) is 1. The summed E-state index contributed by atoms with van der Waals surface area (Å²) in [7, 11) is 8.48. The molecule has 0 saturated carbocycles. The van der Waals surface area contributed by atoms with Crippen LogP contribution in [0, 0.1) is 0 Å². The second-order valence-corrected chi connectivity index (χ2v) is 7.42. The third-order valence-electron chi connectivity index (χ3n) is 5.61. The Balaban J connectivity index is 1.84. The molecule has 0 bridgehead atoms. The highest BCUT2D eigenvalue weighted by atomic mass is 16.5. The van der Waals surface area contributed by atoms with E-state index in [1.54, 1.807) is 46.6 Å². The summed E-state index contributed by atoms with van der Waals surface area (Å²) in [6.07, 6.45) is 0.856. The van der Waals surface area contributed by atoms with Crippen molar-refractivity contribution in [2.75, 3.05) is 48.6 Å². The van der Waals surface area contributed by atoms with Gasteiger partial charge in [-0.2, -0.15) is 0 Å². The Hall–Kier alpha value is -2.93. The maximum atomic E-state index is 13.0. The lowest BCUT2D eigenvalue weighted by Gasteiger charge is -2.37. The number of nitrogens with one attached hydrogen (secondary N) is 1. The first-order chi connectivity index (χ1) is 14.5. The number of likely N-dealkylation sites (tertiary alicyclic amines) is 1. The van der Waals surface area contributed by atoms with Crippen molar-refractivity contribution in [3.8, 4) is 23.0 Å². The van der Waals surface area contributed by atoms with Gasteiger partial charge in [-0.25, -0.2) is 0 Å². The zero-order valence-electron chi connectivity index (χ0n) is 18.2. The van der Waals surface area contributed by atoms with Crippen molar-refractivity contribution in [1.29, 1.82) is 0 Å². The molecule has 7 heteroatoms. The smallest absolute Gasteiger partial charge is 0.251 e. The summed E-state index contributed by atoms with van der Waals surface area (Å²) in [5, 5.41) is 3.23. The molecule has 1 aliphatic heterocycles. The van der Waals surface area contributed by atoms with E-state index in [9.17, 15) is 4.79 Å². The van der Waals surface area contributed by atoms with E-state index in [0.29, 0.717) is 28.6 Å².